The number of halogens is 1. The number of aromatic nitrogens is 1. The van der Waals surface area contributed by atoms with Gasteiger partial charge in [-0.25, -0.2) is 9.37 Å². The summed E-state index contributed by atoms with van der Waals surface area (Å²) in [6, 6.07) is 13.5. The molecule has 0 bridgehead atoms. The normalized spacial score (nSPS) is 11.7. The third kappa shape index (κ3) is 4.59. The molecule has 0 fully saturated rings. The van der Waals surface area contributed by atoms with Gasteiger partial charge in [-0.05, 0) is 29.8 Å². The Morgan fingerprint density at radius 3 is 2.83 bits per heavy atom. The van der Waals surface area contributed by atoms with Gasteiger partial charge in [-0.1, -0.05) is 25.1 Å². The number of carbonyl (C=O) groups is 1. The van der Waals surface area contributed by atoms with Crippen LogP contribution in [0, 0.1) is 17.1 Å². The lowest BCUT2D eigenvalue weighted by Crippen LogP contribution is -2.11. The molecule has 0 spiro atoms. The maximum Gasteiger partial charge on any atom is 0.251 e. The van der Waals surface area contributed by atoms with E-state index >= 15 is 0 Å². The van der Waals surface area contributed by atoms with Gasteiger partial charge in [0.05, 0.1) is 23.7 Å². The average molecular weight is 410 g/mol. The first-order valence-corrected chi connectivity index (χ1v) is 9.68. The minimum Gasteiger partial charge on any atom is -0.396 e. The number of primary amides is 1. The van der Waals surface area contributed by atoms with Gasteiger partial charge in [0.1, 0.15) is 16.6 Å². The first-order chi connectivity index (χ1) is 13.9. The van der Waals surface area contributed by atoms with Crippen LogP contribution in [0.1, 0.15) is 34.5 Å². The minimum absolute atomic E-state index is 0.0739. The fourth-order valence-electron chi connectivity index (χ4n) is 2.79. The van der Waals surface area contributed by atoms with E-state index in [1.165, 1.54) is 17.4 Å². The van der Waals surface area contributed by atoms with Gasteiger partial charge in [0.15, 0.2) is 0 Å². The molecule has 1 unspecified atom stereocenters. The van der Waals surface area contributed by atoms with Crippen LogP contribution in [0.5, 0.6) is 0 Å². The van der Waals surface area contributed by atoms with E-state index in [4.69, 9.17) is 11.0 Å². The van der Waals surface area contributed by atoms with Crippen molar-refractivity contribution >= 4 is 28.1 Å². The minimum atomic E-state index is -0.644. The number of rotatable bonds is 7. The first kappa shape index (κ1) is 20.5. The van der Waals surface area contributed by atoms with Gasteiger partial charge in [-0.15, -0.1) is 11.3 Å². The number of anilines is 2. The number of nitrogens with zero attached hydrogens (tertiary/aromatic N) is 2. The third-order valence-electron chi connectivity index (χ3n) is 4.41. The first-order valence-electron chi connectivity index (χ1n) is 8.87. The van der Waals surface area contributed by atoms with Crippen LogP contribution in [0.4, 0.5) is 15.2 Å². The number of hydrogen-bond acceptors (Lipinski definition) is 6. The van der Waals surface area contributed by atoms with Gasteiger partial charge in [0.2, 0.25) is 0 Å². The van der Waals surface area contributed by atoms with Crippen LogP contribution in [0.2, 0.25) is 0 Å². The Morgan fingerprint density at radius 2 is 2.17 bits per heavy atom. The van der Waals surface area contributed by atoms with Crippen molar-refractivity contribution in [3.05, 3.63) is 65.1 Å². The maximum absolute atomic E-state index is 14.7. The summed E-state index contributed by atoms with van der Waals surface area (Å²) >= 11 is 1.18. The van der Waals surface area contributed by atoms with E-state index < -0.39 is 11.7 Å². The molecule has 3 rings (SSSR count). The highest BCUT2D eigenvalue weighted by atomic mass is 32.1. The predicted molar refractivity (Wildman–Crippen MR) is 111 cm³/mol. The number of aliphatic hydroxyl groups is 1. The predicted octanol–water partition coefficient (Wildman–Crippen LogP) is 3.95. The monoisotopic (exact) mass is 410 g/mol. The van der Waals surface area contributed by atoms with Gasteiger partial charge in [0.25, 0.3) is 5.91 Å². The van der Waals surface area contributed by atoms with Gasteiger partial charge in [-0.3, -0.25) is 4.79 Å². The Kier molecular flexibility index (Phi) is 6.22. The Morgan fingerprint density at radius 1 is 1.38 bits per heavy atom. The number of aliphatic hydroxyl groups excluding tert-OH is 1. The topological polar surface area (TPSA) is 112 Å². The molecule has 0 saturated carbocycles. The average Bonchev–Trinajstić information content (AvgIpc) is 3.11. The second-order valence-corrected chi connectivity index (χ2v) is 7.57. The molecule has 0 aliphatic heterocycles. The Labute approximate surface area is 171 Å². The number of hydrogen-bond donors (Lipinski definition) is 3. The summed E-state index contributed by atoms with van der Waals surface area (Å²) in [5, 5.41) is 21.6. The molecule has 148 valence electrons. The lowest BCUT2D eigenvalue weighted by atomic mass is 9.99. The van der Waals surface area contributed by atoms with E-state index in [9.17, 15) is 14.3 Å². The summed E-state index contributed by atoms with van der Waals surface area (Å²) < 4.78 is 14.7. The molecule has 1 atom stereocenters. The lowest BCUT2D eigenvalue weighted by molar-refractivity contribution is 0.100. The van der Waals surface area contributed by atoms with Crippen LogP contribution in [0.25, 0.3) is 10.4 Å². The second kappa shape index (κ2) is 8.82. The third-order valence-corrected chi connectivity index (χ3v) is 5.49. The summed E-state index contributed by atoms with van der Waals surface area (Å²) in [7, 11) is 0. The smallest absolute Gasteiger partial charge is 0.251 e. The highest BCUT2D eigenvalue weighted by Crippen LogP contribution is 2.38. The second-order valence-electron chi connectivity index (χ2n) is 6.51. The SMILES string of the molecule is CC(CO)c1ccc(-c2cc(C(N)=O)c(Nc3cccc(CC#N)n3)s2)c(F)c1. The molecule has 1 aromatic carbocycles. The van der Waals surface area contributed by atoms with Crippen molar-refractivity contribution in [1.29, 1.82) is 5.26 Å². The molecule has 3 aromatic rings. The van der Waals surface area contributed by atoms with Crippen molar-refractivity contribution in [1.82, 2.24) is 4.98 Å². The fourth-order valence-corrected chi connectivity index (χ4v) is 3.89. The molecular weight excluding hydrogens is 391 g/mol. The van der Waals surface area contributed by atoms with E-state index in [2.05, 4.69) is 10.3 Å². The Balaban J connectivity index is 1.96. The zero-order valence-corrected chi connectivity index (χ0v) is 16.5. The number of pyridine rings is 1. The Hall–Kier alpha value is -3.28. The van der Waals surface area contributed by atoms with Crippen LogP contribution >= 0.6 is 11.3 Å². The quantitative estimate of drug-likeness (QED) is 0.546. The van der Waals surface area contributed by atoms with Gasteiger partial charge in [0, 0.05) is 23.0 Å². The van der Waals surface area contributed by atoms with Crippen molar-refractivity contribution in [2.24, 2.45) is 5.73 Å². The maximum atomic E-state index is 14.7. The van der Waals surface area contributed by atoms with Crippen molar-refractivity contribution in [3.8, 4) is 16.5 Å². The number of carbonyl (C=O) groups excluding carboxylic acids is 1. The van der Waals surface area contributed by atoms with E-state index in [1.807, 2.05) is 6.07 Å². The Bertz CT molecular complexity index is 1090. The number of thiophene rings is 1. The summed E-state index contributed by atoms with van der Waals surface area (Å²) in [5.41, 5.74) is 7.35. The van der Waals surface area contributed by atoms with Crippen molar-refractivity contribution in [3.63, 3.8) is 0 Å². The molecule has 4 N–H and O–H groups in total. The number of nitriles is 1. The zero-order valence-electron chi connectivity index (χ0n) is 15.6. The summed E-state index contributed by atoms with van der Waals surface area (Å²) in [6.07, 6.45) is 0.164. The lowest BCUT2D eigenvalue weighted by Gasteiger charge is -2.09. The number of amides is 1. The molecule has 0 aliphatic rings. The highest BCUT2D eigenvalue weighted by molar-refractivity contribution is 7.19. The molecule has 0 saturated heterocycles. The zero-order chi connectivity index (χ0) is 21.0. The van der Waals surface area contributed by atoms with Gasteiger partial charge >= 0.3 is 0 Å². The van der Waals surface area contributed by atoms with Crippen LogP contribution in [0.15, 0.2) is 42.5 Å². The number of nitrogens with one attached hydrogen (secondary N) is 1. The molecule has 29 heavy (non-hydrogen) atoms. The molecule has 2 heterocycles. The van der Waals surface area contributed by atoms with Crippen molar-refractivity contribution < 1.29 is 14.3 Å². The van der Waals surface area contributed by atoms with Crippen LogP contribution in [-0.4, -0.2) is 22.6 Å². The number of nitrogens with two attached hydrogens (primary N) is 1. The van der Waals surface area contributed by atoms with E-state index in [0.717, 1.165) is 0 Å². The molecule has 2 aromatic heterocycles. The summed E-state index contributed by atoms with van der Waals surface area (Å²) in [6.45, 7) is 1.73. The van der Waals surface area contributed by atoms with Gasteiger partial charge < -0.3 is 16.2 Å². The van der Waals surface area contributed by atoms with Crippen molar-refractivity contribution in [2.75, 3.05) is 11.9 Å². The summed E-state index contributed by atoms with van der Waals surface area (Å²) in [4.78, 5) is 16.8. The van der Waals surface area contributed by atoms with Crippen LogP contribution in [-0.2, 0) is 6.42 Å². The largest absolute Gasteiger partial charge is 0.396 e. The standard InChI is InChI=1S/C21H19FN4O2S/c1-12(11-27)13-5-6-15(17(22)9-13)18-10-16(20(24)28)21(29-18)26-19-4-2-3-14(25-19)7-8-23/h2-6,9-10,12,27H,7,11H2,1H3,(H2,24,28)(H,25,26). The molecule has 0 aliphatic carbocycles. The summed E-state index contributed by atoms with van der Waals surface area (Å²) in [5.74, 6) is -0.803. The molecule has 1 amide bonds. The fraction of sp³-hybridized carbons (Fsp3) is 0.190. The van der Waals surface area contributed by atoms with E-state index in [1.54, 1.807) is 43.3 Å². The van der Waals surface area contributed by atoms with Crippen LogP contribution in [0.3, 0.4) is 0 Å². The molecular formula is C21H19FN4O2S. The molecule has 6 nitrogen and oxygen atoms in total. The molecule has 0 radical (unpaired) electrons. The van der Waals surface area contributed by atoms with Gasteiger partial charge in [-0.2, -0.15) is 5.26 Å². The van der Waals surface area contributed by atoms with Crippen LogP contribution < -0.4 is 11.1 Å². The van der Waals surface area contributed by atoms with Crippen molar-refractivity contribution in [2.45, 2.75) is 19.3 Å². The highest BCUT2D eigenvalue weighted by Gasteiger charge is 2.18. The molecule has 8 heteroatoms. The van der Waals surface area contributed by atoms with E-state index in [0.29, 0.717) is 32.5 Å². The van der Waals surface area contributed by atoms with E-state index in [-0.39, 0.29) is 24.5 Å². The number of benzene rings is 1.